The maximum atomic E-state index is 5.45. The minimum Gasteiger partial charge on any atom is -0.497 e. The molecule has 6 nitrogen and oxygen atoms in total. The van der Waals surface area contributed by atoms with Crippen LogP contribution in [-0.4, -0.2) is 38.8 Å². The van der Waals surface area contributed by atoms with Crippen LogP contribution < -0.4 is 20.1 Å². The molecule has 3 rings (SSSR count). The normalized spacial score (nSPS) is 13.8. The van der Waals surface area contributed by atoms with Gasteiger partial charge in [0, 0.05) is 43.1 Å². The predicted molar refractivity (Wildman–Crippen MR) is 115 cm³/mol. The van der Waals surface area contributed by atoms with Crippen LogP contribution in [0.1, 0.15) is 40.4 Å². The van der Waals surface area contributed by atoms with E-state index in [1.165, 1.54) is 34.8 Å². The third-order valence-electron chi connectivity index (χ3n) is 4.91. The van der Waals surface area contributed by atoms with Crippen molar-refractivity contribution >= 4 is 17.3 Å². The highest BCUT2D eigenvalue weighted by molar-refractivity contribution is 7.11. The van der Waals surface area contributed by atoms with E-state index in [9.17, 15) is 0 Å². The standard InChI is InChI=1S/C21H30N4O2S/c1-22-21(24-14-15-10-11-16(26-2)13-18(15)27-3)23-12-6-9-20-25-17-7-4-5-8-19(17)28-20/h10-11,13H,4-9,12,14H2,1-3H3,(H2,22,23,24). The number of hydrogen-bond acceptors (Lipinski definition) is 5. The van der Waals surface area contributed by atoms with Crippen molar-refractivity contribution in [3.63, 3.8) is 0 Å². The van der Waals surface area contributed by atoms with E-state index < -0.39 is 0 Å². The van der Waals surface area contributed by atoms with Crippen LogP contribution >= 0.6 is 11.3 Å². The summed E-state index contributed by atoms with van der Waals surface area (Å²) >= 11 is 1.91. The molecule has 0 aliphatic heterocycles. The first kappa shape index (κ1) is 20.5. The van der Waals surface area contributed by atoms with E-state index in [4.69, 9.17) is 14.5 Å². The highest BCUT2D eigenvalue weighted by Crippen LogP contribution is 2.27. The van der Waals surface area contributed by atoms with Crippen molar-refractivity contribution in [3.05, 3.63) is 39.3 Å². The van der Waals surface area contributed by atoms with Crippen LogP contribution in [0.4, 0.5) is 0 Å². The molecule has 2 N–H and O–H groups in total. The average molecular weight is 403 g/mol. The number of nitrogens with one attached hydrogen (secondary N) is 2. The van der Waals surface area contributed by atoms with E-state index in [1.807, 2.05) is 29.5 Å². The lowest BCUT2D eigenvalue weighted by Crippen LogP contribution is -2.37. The average Bonchev–Trinajstić information content (AvgIpc) is 3.16. The van der Waals surface area contributed by atoms with Crippen LogP contribution in [0, 0.1) is 0 Å². The number of methoxy groups -OCH3 is 2. The maximum absolute atomic E-state index is 5.45. The van der Waals surface area contributed by atoms with Gasteiger partial charge in [0.15, 0.2) is 5.96 Å². The molecular formula is C21H30N4O2S. The molecule has 7 heteroatoms. The summed E-state index contributed by atoms with van der Waals surface area (Å²) in [4.78, 5) is 10.6. The van der Waals surface area contributed by atoms with Crippen LogP contribution in [0.25, 0.3) is 0 Å². The van der Waals surface area contributed by atoms with Crippen molar-refractivity contribution in [1.82, 2.24) is 15.6 Å². The number of ether oxygens (including phenoxy) is 2. The Bertz CT molecular complexity index is 780. The predicted octanol–water partition coefficient (Wildman–Crippen LogP) is 3.34. The van der Waals surface area contributed by atoms with Gasteiger partial charge in [-0.2, -0.15) is 0 Å². The minimum atomic E-state index is 0.631. The molecule has 1 heterocycles. The second kappa shape index (κ2) is 10.3. The maximum Gasteiger partial charge on any atom is 0.191 e. The Morgan fingerprint density at radius 3 is 2.79 bits per heavy atom. The smallest absolute Gasteiger partial charge is 0.191 e. The fourth-order valence-electron chi connectivity index (χ4n) is 3.36. The molecule has 1 aromatic carbocycles. The Morgan fingerprint density at radius 1 is 1.18 bits per heavy atom. The number of rotatable bonds is 8. The van der Waals surface area contributed by atoms with Crippen molar-refractivity contribution in [3.8, 4) is 11.5 Å². The largest absolute Gasteiger partial charge is 0.497 e. The van der Waals surface area contributed by atoms with E-state index in [0.717, 1.165) is 48.8 Å². The van der Waals surface area contributed by atoms with E-state index >= 15 is 0 Å². The topological polar surface area (TPSA) is 67.8 Å². The second-order valence-corrected chi connectivity index (χ2v) is 7.99. The fourth-order valence-corrected chi connectivity index (χ4v) is 4.55. The molecule has 2 aromatic rings. The summed E-state index contributed by atoms with van der Waals surface area (Å²) in [6, 6.07) is 5.83. The van der Waals surface area contributed by atoms with E-state index in [-0.39, 0.29) is 0 Å². The number of aromatic nitrogens is 1. The summed E-state index contributed by atoms with van der Waals surface area (Å²) in [5, 5.41) is 8.00. The zero-order valence-electron chi connectivity index (χ0n) is 17.0. The van der Waals surface area contributed by atoms with Gasteiger partial charge < -0.3 is 20.1 Å². The lowest BCUT2D eigenvalue weighted by atomic mass is 10.0. The summed E-state index contributed by atoms with van der Waals surface area (Å²) in [6.07, 6.45) is 7.05. The Morgan fingerprint density at radius 2 is 2.04 bits per heavy atom. The highest BCUT2D eigenvalue weighted by atomic mass is 32.1. The zero-order valence-corrected chi connectivity index (χ0v) is 17.8. The van der Waals surface area contributed by atoms with Gasteiger partial charge in [-0.25, -0.2) is 4.98 Å². The number of thiazole rings is 1. The van der Waals surface area contributed by atoms with Gasteiger partial charge in [0.1, 0.15) is 11.5 Å². The van der Waals surface area contributed by atoms with Gasteiger partial charge in [-0.05, 0) is 44.2 Å². The number of fused-ring (bicyclic) bond motifs is 1. The molecule has 0 atom stereocenters. The lowest BCUT2D eigenvalue weighted by Gasteiger charge is -2.14. The zero-order chi connectivity index (χ0) is 19.8. The van der Waals surface area contributed by atoms with Crippen molar-refractivity contribution < 1.29 is 9.47 Å². The number of benzene rings is 1. The molecule has 1 aromatic heterocycles. The molecule has 1 aliphatic rings. The minimum absolute atomic E-state index is 0.631. The SMILES string of the molecule is CN=C(NCCCc1nc2c(s1)CCCC2)NCc1ccc(OC)cc1OC. The van der Waals surface area contributed by atoms with Crippen LogP contribution in [-0.2, 0) is 25.8 Å². The van der Waals surface area contributed by atoms with Crippen molar-refractivity contribution in [2.24, 2.45) is 4.99 Å². The summed E-state index contributed by atoms with van der Waals surface area (Å²) < 4.78 is 10.7. The molecular weight excluding hydrogens is 372 g/mol. The molecule has 28 heavy (non-hydrogen) atoms. The molecule has 0 saturated carbocycles. The molecule has 0 unspecified atom stereocenters. The number of hydrogen-bond donors (Lipinski definition) is 2. The van der Waals surface area contributed by atoms with Crippen molar-refractivity contribution in [2.75, 3.05) is 27.8 Å². The summed E-state index contributed by atoms with van der Waals surface area (Å²) in [6.45, 7) is 1.50. The number of aryl methyl sites for hydroxylation is 3. The van der Waals surface area contributed by atoms with Gasteiger partial charge in [0.05, 0.1) is 24.9 Å². The molecule has 0 saturated heterocycles. The van der Waals surface area contributed by atoms with E-state index in [1.54, 1.807) is 21.3 Å². The lowest BCUT2D eigenvalue weighted by molar-refractivity contribution is 0.390. The molecule has 0 amide bonds. The van der Waals surface area contributed by atoms with Gasteiger partial charge in [-0.1, -0.05) is 0 Å². The Labute approximate surface area is 171 Å². The summed E-state index contributed by atoms with van der Waals surface area (Å²) in [7, 11) is 5.11. The van der Waals surface area contributed by atoms with Crippen molar-refractivity contribution in [1.29, 1.82) is 0 Å². The van der Waals surface area contributed by atoms with Gasteiger partial charge in [0.2, 0.25) is 0 Å². The number of guanidine groups is 1. The van der Waals surface area contributed by atoms with Gasteiger partial charge >= 0.3 is 0 Å². The Hall–Kier alpha value is -2.28. The molecule has 0 radical (unpaired) electrons. The van der Waals surface area contributed by atoms with Crippen LogP contribution in [0.2, 0.25) is 0 Å². The third kappa shape index (κ3) is 5.38. The summed E-state index contributed by atoms with van der Waals surface area (Å²) in [5.74, 6) is 2.37. The van der Waals surface area contributed by atoms with Crippen LogP contribution in [0.15, 0.2) is 23.2 Å². The van der Waals surface area contributed by atoms with E-state index in [2.05, 4.69) is 15.6 Å². The Kier molecular flexibility index (Phi) is 7.54. The van der Waals surface area contributed by atoms with Crippen molar-refractivity contribution in [2.45, 2.75) is 45.1 Å². The number of aliphatic imine (C=N–C) groups is 1. The van der Waals surface area contributed by atoms with Crippen LogP contribution in [0.5, 0.6) is 11.5 Å². The first-order chi connectivity index (χ1) is 13.7. The highest BCUT2D eigenvalue weighted by Gasteiger charge is 2.14. The second-order valence-electron chi connectivity index (χ2n) is 6.82. The molecule has 0 fully saturated rings. The quantitative estimate of drug-likeness (QED) is 0.403. The van der Waals surface area contributed by atoms with Crippen LogP contribution in [0.3, 0.4) is 0 Å². The fraction of sp³-hybridized carbons (Fsp3) is 0.524. The molecule has 152 valence electrons. The molecule has 0 spiro atoms. The third-order valence-corrected chi connectivity index (χ3v) is 6.13. The molecule has 0 bridgehead atoms. The summed E-state index contributed by atoms with van der Waals surface area (Å²) in [5.41, 5.74) is 2.41. The van der Waals surface area contributed by atoms with Gasteiger partial charge in [-0.3, -0.25) is 4.99 Å². The van der Waals surface area contributed by atoms with Gasteiger partial charge in [0.25, 0.3) is 0 Å². The monoisotopic (exact) mass is 402 g/mol. The first-order valence-electron chi connectivity index (χ1n) is 9.86. The van der Waals surface area contributed by atoms with E-state index in [0.29, 0.717) is 6.54 Å². The number of nitrogens with zero attached hydrogens (tertiary/aromatic N) is 2. The van der Waals surface area contributed by atoms with Gasteiger partial charge in [-0.15, -0.1) is 11.3 Å². The molecule has 1 aliphatic carbocycles. The first-order valence-corrected chi connectivity index (χ1v) is 10.7. The Balaban J connectivity index is 1.43.